The molecule has 0 bridgehead atoms. The molecular weight excluding hydrogens is 176 g/mol. The van der Waals surface area contributed by atoms with Crippen LogP contribution in [0.4, 0.5) is 5.82 Å². The van der Waals surface area contributed by atoms with Gasteiger partial charge in [-0.2, -0.15) is 0 Å². The molecule has 0 fully saturated rings. The van der Waals surface area contributed by atoms with E-state index in [1.807, 2.05) is 0 Å². The van der Waals surface area contributed by atoms with E-state index in [0.717, 1.165) is 31.0 Å². The summed E-state index contributed by atoms with van der Waals surface area (Å²) in [5.41, 5.74) is 1.31. The minimum absolute atomic E-state index is 0.698. The number of hydrogen-bond donors (Lipinski definition) is 1. The van der Waals surface area contributed by atoms with Crippen LogP contribution >= 0.6 is 0 Å². The van der Waals surface area contributed by atoms with Gasteiger partial charge in [-0.1, -0.05) is 25.4 Å². The molecule has 0 saturated carbocycles. The summed E-state index contributed by atoms with van der Waals surface area (Å²) in [6.45, 7) is 5.45. The van der Waals surface area contributed by atoms with Gasteiger partial charge in [-0.25, -0.2) is 0 Å². The molecule has 1 aromatic heterocycles. The summed E-state index contributed by atoms with van der Waals surface area (Å²) in [5, 5.41) is 7.43. The molecule has 3 nitrogen and oxygen atoms in total. The lowest BCUT2D eigenvalue weighted by atomic mass is 10.1. The Balaban J connectivity index is 1.96. The van der Waals surface area contributed by atoms with E-state index in [2.05, 4.69) is 24.3 Å². The normalized spacial score (nSPS) is 16.7. The number of nitrogens with zero attached hydrogens (tertiary/aromatic N) is 1. The molecule has 14 heavy (non-hydrogen) atoms. The molecule has 0 spiro atoms. The topological polar surface area (TPSA) is 38.1 Å². The van der Waals surface area contributed by atoms with Gasteiger partial charge >= 0.3 is 0 Å². The van der Waals surface area contributed by atoms with Crippen molar-refractivity contribution in [3.05, 3.63) is 11.3 Å². The number of rotatable bonds is 4. The lowest BCUT2D eigenvalue weighted by molar-refractivity contribution is 0.388. The van der Waals surface area contributed by atoms with E-state index in [9.17, 15) is 0 Å². The fraction of sp³-hybridized carbons (Fsp3) is 0.727. The van der Waals surface area contributed by atoms with Crippen LogP contribution in [-0.2, 0) is 12.8 Å². The van der Waals surface area contributed by atoms with Gasteiger partial charge in [0.2, 0.25) is 0 Å². The molecule has 0 aliphatic heterocycles. The molecule has 1 heterocycles. The van der Waals surface area contributed by atoms with Crippen molar-refractivity contribution in [1.29, 1.82) is 0 Å². The third kappa shape index (κ3) is 1.76. The van der Waals surface area contributed by atoms with Crippen molar-refractivity contribution in [2.45, 2.75) is 39.5 Å². The molecular formula is C11H18N2O. The standard InChI is InChI=1S/C11H18N2O/c1-3-8(2)7-12-11-9-5-4-6-10(9)14-13-11/h8H,3-7H2,1-2H3,(H,12,13). The van der Waals surface area contributed by atoms with Crippen molar-refractivity contribution in [1.82, 2.24) is 5.16 Å². The first kappa shape index (κ1) is 9.56. The minimum atomic E-state index is 0.698. The highest BCUT2D eigenvalue weighted by Crippen LogP contribution is 2.28. The third-order valence-corrected chi connectivity index (χ3v) is 3.02. The van der Waals surface area contributed by atoms with Crippen LogP contribution in [0.5, 0.6) is 0 Å². The molecule has 1 aliphatic rings. The van der Waals surface area contributed by atoms with Crippen molar-refractivity contribution in [3.8, 4) is 0 Å². The Labute approximate surface area is 84.9 Å². The van der Waals surface area contributed by atoms with Gasteiger partial charge in [-0.15, -0.1) is 0 Å². The SMILES string of the molecule is CCC(C)CNc1noc2c1CCC2. The molecule has 1 unspecified atom stereocenters. The van der Waals surface area contributed by atoms with E-state index in [0.29, 0.717) is 5.92 Å². The molecule has 1 atom stereocenters. The number of aryl methyl sites for hydroxylation is 1. The fourth-order valence-electron chi connectivity index (χ4n) is 1.78. The van der Waals surface area contributed by atoms with Crippen LogP contribution in [0.3, 0.4) is 0 Å². The van der Waals surface area contributed by atoms with Crippen molar-refractivity contribution < 1.29 is 4.52 Å². The second kappa shape index (κ2) is 4.03. The molecule has 0 radical (unpaired) electrons. The van der Waals surface area contributed by atoms with Gasteiger partial charge in [0, 0.05) is 18.5 Å². The fourth-order valence-corrected chi connectivity index (χ4v) is 1.78. The summed E-state index contributed by atoms with van der Waals surface area (Å²) in [6.07, 6.45) is 4.61. The lowest BCUT2D eigenvalue weighted by Gasteiger charge is -2.09. The van der Waals surface area contributed by atoms with E-state index < -0.39 is 0 Å². The second-order valence-corrected chi connectivity index (χ2v) is 4.18. The molecule has 78 valence electrons. The van der Waals surface area contributed by atoms with Gasteiger partial charge < -0.3 is 9.84 Å². The average molecular weight is 194 g/mol. The predicted octanol–water partition coefficient (Wildman–Crippen LogP) is 2.62. The number of anilines is 1. The molecule has 1 aromatic rings. The average Bonchev–Trinajstić information content (AvgIpc) is 2.76. The quantitative estimate of drug-likeness (QED) is 0.800. The van der Waals surface area contributed by atoms with Crippen LogP contribution in [0.1, 0.15) is 38.0 Å². The van der Waals surface area contributed by atoms with Crippen LogP contribution in [0, 0.1) is 5.92 Å². The number of aromatic nitrogens is 1. The van der Waals surface area contributed by atoms with Gasteiger partial charge in [-0.3, -0.25) is 0 Å². The summed E-state index contributed by atoms with van der Waals surface area (Å²) in [5.74, 6) is 2.78. The summed E-state index contributed by atoms with van der Waals surface area (Å²) in [7, 11) is 0. The molecule has 2 rings (SSSR count). The minimum Gasteiger partial charge on any atom is -0.367 e. The third-order valence-electron chi connectivity index (χ3n) is 3.02. The summed E-state index contributed by atoms with van der Waals surface area (Å²) in [6, 6.07) is 0. The van der Waals surface area contributed by atoms with Crippen LogP contribution in [-0.4, -0.2) is 11.7 Å². The maximum Gasteiger partial charge on any atom is 0.172 e. The first-order valence-corrected chi connectivity index (χ1v) is 5.52. The van der Waals surface area contributed by atoms with Crippen LogP contribution < -0.4 is 5.32 Å². The van der Waals surface area contributed by atoms with Gasteiger partial charge in [-0.05, 0) is 18.8 Å². The molecule has 3 heteroatoms. The summed E-state index contributed by atoms with van der Waals surface area (Å²) in [4.78, 5) is 0. The van der Waals surface area contributed by atoms with Gasteiger partial charge in [0.25, 0.3) is 0 Å². The second-order valence-electron chi connectivity index (χ2n) is 4.18. The maximum absolute atomic E-state index is 5.26. The van der Waals surface area contributed by atoms with Crippen LogP contribution in [0.2, 0.25) is 0 Å². The number of fused-ring (bicyclic) bond motifs is 1. The predicted molar refractivity (Wildman–Crippen MR) is 56.5 cm³/mol. The highest BCUT2D eigenvalue weighted by atomic mass is 16.5. The summed E-state index contributed by atoms with van der Waals surface area (Å²) < 4.78 is 5.26. The zero-order valence-corrected chi connectivity index (χ0v) is 8.97. The Hall–Kier alpha value is -0.990. The van der Waals surface area contributed by atoms with E-state index in [1.54, 1.807) is 0 Å². The van der Waals surface area contributed by atoms with Gasteiger partial charge in [0.15, 0.2) is 5.82 Å². The molecule has 0 aromatic carbocycles. The molecule has 0 amide bonds. The van der Waals surface area contributed by atoms with E-state index in [1.165, 1.54) is 18.4 Å². The van der Waals surface area contributed by atoms with Crippen molar-refractivity contribution in [3.63, 3.8) is 0 Å². The van der Waals surface area contributed by atoms with Gasteiger partial charge in [0.1, 0.15) is 5.76 Å². The smallest absolute Gasteiger partial charge is 0.172 e. The van der Waals surface area contributed by atoms with Crippen molar-refractivity contribution in [2.24, 2.45) is 5.92 Å². The number of nitrogens with one attached hydrogen (secondary N) is 1. The number of hydrogen-bond acceptors (Lipinski definition) is 3. The zero-order chi connectivity index (χ0) is 9.97. The van der Waals surface area contributed by atoms with Crippen molar-refractivity contribution >= 4 is 5.82 Å². The van der Waals surface area contributed by atoms with Crippen molar-refractivity contribution in [2.75, 3.05) is 11.9 Å². The lowest BCUT2D eigenvalue weighted by Crippen LogP contribution is -2.11. The Bertz CT molecular complexity index is 306. The largest absolute Gasteiger partial charge is 0.367 e. The Morgan fingerprint density at radius 3 is 3.14 bits per heavy atom. The first-order chi connectivity index (χ1) is 6.81. The highest BCUT2D eigenvalue weighted by molar-refractivity contribution is 5.47. The molecule has 1 N–H and O–H groups in total. The van der Waals surface area contributed by atoms with E-state index in [4.69, 9.17) is 4.52 Å². The highest BCUT2D eigenvalue weighted by Gasteiger charge is 2.20. The Morgan fingerprint density at radius 2 is 2.36 bits per heavy atom. The van der Waals surface area contributed by atoms with E-state index >= 15 is 0 Å². The zero-order valence-electron chi connectivity index (χ0n) is 8.97. The monoisotopic (exact) mass is 194 g/mol. The van der Waals surface area contributed by atoms with Gasteiger partial charge in [0.05, 0.1) is 0 Å². The summed E-state index contributed by atoms with van der Waals surface area (Å²) >= 11 is 0. The Morgan fingerprint density at radius 1 is 1.50 bits per heavy atom. The van der Waals surface area contributed by atoms with Crippen LogP contribution in [0.25, 0.3) is 0 Å². The van der Waals surface area contributed by atoms with E-state index in [-0.39, 0.29) is 0 Å². The maximum atomic E-state index is 5.26. The first-order valence-electron chi connectivity index (χ1n) is 5.52. The Kier molecular flexibility index (Phi) is 2.75. The molecule has 0 saturated heterocycles. The molecule has 1 aliphatic carbocycles. The van der Waals surface area contributed by atoms with Crippen LogP contribution in [0.15, 0.2) is 4.52 Å².